The third kappa shape index (κ3) is 4.77. The van der Waals surface area contributed by atoms with Crippen LogP contribution in [0, 0.1) is 5.82 Å². The number of carbonyl (C=O) groups excluding carboxylic acids is 2. The lowest BCUT2D eigenvalue weighted by atomic mass is 9.97. The highest BCUT2D eigenvalue weighted by Gasteiger charge is 2.26. The molecule has 180 valence electrons. The van der Waals surface area contributed by atoms with Crippen LogP contribution in [0.4, 0.5) is 15.0 Å². The maximum atomic E-state index is 14.8. The van der Waals surface area contributed by atoms with Gasteiger partial charge in [-0.2, -0.15) is 0 Å². The number of halogens is 1. The number of anilines is 1. The fourth-order valence-corrected chi connectivity index (χ4v) is 3.76. The Kier molecular flexibility index (Phi) is 6.89. The molecule has 12 heteroatoms. The van der Waals surface area contributed by atoms with Crippen molar-refractivity contribution in [3.8, 4) is 0 Å². The maximum Gasteiger partial charge on any atom is 0.410 e. The molecule has 1 aromatic carbocycles. The number of hydrazine groups is 2. The summed E-state index contributed by atoms with van der Waals surface area (Å²) >= 11 is 0. The van der Waals surface area contributed by atoms with Gasteiger partial charge < -0.3 is 20.1 Å². The molecule has 0 fully saturated rings. The zero-order valence-electron chi connectivity index (χ0n) is 18.8. The third-order valence-electron chi connectivity index (χ3n) is 5.56. The van der Waals surface area contributed by atoms with Gasteiger partial charge >= 0.3 is 6.09 Å². The van der Waals surface area contributed by atoms with Crippen molar-refractivity contribution in [1.29, 1.82) is 0 Å². The first-order valence-electron chi connectivity index (χ1n) is 10.9. The number of aromatic nitrogens is 1. The number of aliphatic hydroxyl groups excluding tert-OH is 1. The number of hydrazone groups is 1. The normalized spacial score (nSPS) is 15.8. The number of rotatable bonds is 6. The van der Waals surface area contributed by atoms with Crippen LogP contribution in [0.15, 0.2) is 35.4 Å². The molecule has 1 aromatic heterocycles. The molecule has 2 amide bonds. The molecule has 0 saturated carbocycles. The van der Waals surface area contributed by atoms with Gasteiger partial charge in [0.25, 0.3) is 5.91 Å². The number of ether oxygens (including phenoxy) is 1. The molecule has 1 unspecified atom stereocenters. The van der Waals surface area contributed by atoms with Crippen LogP contribution < -0.4 is 16.4 Å². The highest BCUT2D eigenvalue weighted by atomic mass is 19.1. The van der Waals surface area contributed by atoms with Crippen molar-refractivity contribution >= 4 is 23.7 Å². The second kappa shape index (κ2) is 10.0. The van der Waals surface area contributed by atoms with E-state index in [0.29, 0.717) is 30.1 Å². The minimum atomic E-state index is -0.664. The number of nitrogens with one attached hydrogen (secondary N) is 3. The summed E-state index contributed by atoms with van der Waals surface area (Å²) in [5, 5.41) is 17.8. The largest absolute Gasteiger partial charge is 0.450 e. The van der Waals surface area contributed by atoms with Crippen molar-refractivity contribution in [1.82, 2.24) is 26.0 Å². The summed E-state index contributed by atoms with van der Waals surface area (Å²) in [5.41, 5.74) is 7.16. The van der Waals surface area contributed by atoms with Crippen LogP contribution in [-0.2, 0) is 17.7 Å². The van der Waals surface area contributed by atoms with Crippen molar-refractivity contribution in [2.75, 3.05) is 25.1 Å². The van der Waals surface area contributed by atoms with Crippen molar-refractivity contribution in [2.24, 2.45) is 5.10 Å². The molecular weight excluding hydrogens is 445 g/mol. The van der Waals surface area contributed by atoms with E-state index in [1.165, 1.54) is 17.0 Å². The minimum absolute atomic E-state index is 0.116. The summed E-state index contributed by atoms with van der Waals surface area (Å²) in [6, 6.07) is 7.48. The quantitative estimate of drug-likeness (QED) is 0.497. The maximum absolute atomic E-state index is 14.8. The Balaban J connectivity index is 1.52. The van der Waals surface area contributed by atoms with Crippen LogP contribution in [-0.4, -0.2) is 63.6 Å². The van der Waals surface area contributed by atoms with Gasteiger partial charge in [-0.3, -0.25) is 9.80 Å². The highest BCUT2D eigenvalue weighted by molar-refractivity contribution is 6.04. The van der Waals surface area contributed by atoms with Crippen LogP contribution in [0.25, 0.3) is 0 Å². The Labute approximate surface area is 195 Å². The lowest BCUT2D eigenvalue weighted by Gasteiger charge is -2.28. The minimum Gasteiger partial charge on any atom is -0.450 e. The van der Waals surface area contributed by atoms with E-state index in [-0.39, 0.29) is 37.2 Å². The molecule has 2 aliphatic rings. The van der Waals surface area contributed by atoms with E-state index in [2.05, 4.69) is 26.5 Å². The summed E-state index contributed by atoms with van der Waals surface area (Å²) in [5.74, 6) is -0.674. The first-order chi connectivity index (χ1) is 16.4. The molecule has 2 aromatic rings. The number of carbonyl (C=O) groups is 2. The van der Waals surface area contributed by atoms with Gasteiger partial charge in [-0.25, -0.2) is 19.7 Å². The molecular formula is C22H26FN7O4. The Morgan fingerprint density at radius 3 is 2.91 bits per heavy atom. The van der Waals surface area contributed by atoms with Gasteiger partial charge in [0.1, 0.15) is 17.3 Å². The Morgan fingerprint density at radius 1 is 1.32 bits per heavy atom. The Morgan fingerprint density at radius 2 is 2.15 bits per heavy atom. The average Bonchev–Trinajstić information content (AvgIpc) is 3.33. The molecule has 4 N–H and O–H groups in total. The molecule has 3 heterocycles. The molecule has 0 bridgehead atoms. The first-order valence-corrected chi connectivity index (χ1v) is 10.9. The number of nitrogens with zero attached hydrogens (tertiary/aromatic N) is 4. The number of hydrogen-bond donors (Lipinski definition) is 4. The molecule has 2 aliphatic heterocycles. The van der Waals surface area contributed by atoms with Crippen molar-refractivity contribution in [2.45, 2.75) is 32.9 Å². The van der Waals surface area contributed by atoms with E-state index < -0.39 is 17.8 Å². The SMILES string of the molecule is CCOC(=O)N1CCc2cc(F)c(C(=O)Nc3cccc(C4=NNNN4C(C)CO)n3)cc2C1. The fraction of sp³-hybridized carbons (Fsp3) is 0.364. The monoisotopic (exact) mass is 471 g/mol. The lowest BCUT2D eigenvalue weighted by molar-refractivity contribution is 0.102. The third-order valence-corrected chi connectivity index (χ3v) is 5.56. The van der Waals surface area contributed by atoms with Gasteiger partial charge in [-0.1, -0.05) is 6.07 Å². The highest BCUT2D eigenvalue weighted by Crippen LogP contribution is 2.24. The standard InChI is InChI=1S/C22H26FN7O4/c1-3-34-22(33)29-8-7-14-10-17(23)16(9-15(14)11-29)21(32)25-19-6-4-5-18(24-19)20-26-27-28-30(20)13(2)12-31/h4-6,9-10,13,27-28,31H,3,7-8,11-12H2,1-2H3,(H,24,25,32). The Hall–Kier alpha value is -3.77. The van der Waals surface area contributed by atoms with Gasteiger partial charge in [-0.15, -0.1) is 10.6 Å². The second-order valence-electron chi connectivity index (χ2n) is 7.89. The van der Waals surface area contributed by atoms with Crippen molar-refractivity contribution in [3.63, 3.8) is 0 Å². The van der Waals surface area contributed by atoms with Gasteiger partial charge in [0.2, 0.25) is 0 Å². The van der Waals surface area contributed by atoms with Crippen LogP contribution in [0.1, 0.15) is 41.0 Å². The van der Waals surface area contributed by atoms with Crippen molar-refractivity contribution < 1.29 is 23.8 Å². The van der Waals surface area contributed by atoms with Crippen LogP contribution in [0.2, 0.25) is 0 Å². The van der Waals surface area contributed by atoms with Crippen molar-refractivity contribution in [3.05, 3.63) is 58.5 Å². The van der Waals surface area contributed by atoms with Gasteiger partial charge in [0, 0.05) is 13.1 Å². The second-order valence-corrected chi connectivity index (χ2v) is 7.89. The Bertz CT molecular complexity index is 1130. The molecule has 0 saturated heterocycles. The number of benzene rings is 1. The lowest BCUT2D eigenvalue weighted by Crippen LogP contribution is -2.48. The molecule has 0 spiro atoms. The van der Waals surface area contributed by atoms with E-state index in [9.17, 15) is 19.1 Å². The summed E-state index contributed by atoms with van der Waals surface area (Å²) in [4.78, 5) is 30.9. The van der Waals surface area contributed by atoms with Crippen LogP contribution in [0.3, 0.4) is 0 Å². The predicted octanol–water partition coefficient (Wildman–Crippen LogP) is 1.35. The topological polar surface area (TPSA) is 131 Å². The number of fused-ring (bicyclic) bond motifs is 1. The average molecular weight is 471 g/mol. The molecule has 1 atom stereocenters. The van der Waals surface area contributed by atoms with Gasteiger partial charge in [0.05, 0.1) is 24.8 Å². The van der Waals surface area contributed by atoms with Gasteiger partial charge in [0.15, 0.2) is 5.84 Å². The molecule has 4 rings (SSSR count). The molecule has 0 radical (unpaired) electrons. The predicted molar refractivity (Wildman–Crippen MR) is 121 cm³/mol. The number of pyridine rings is 1. The molecule has 34 heavy (non-hydrogen) atoms. The van der Waals surface area contributed by atoms with Crippen LogP contribution >= 0.6 is 0 Å². The fourth-order valence-electron chi connectivity index (χ4n) is 3.76. The number of amides is 2. The van der Waals surface area contributed by atoms with E-state index in [0.717, 1.165) is 5.56 Å². The zero-order chi connectivity index (χ0) is 24.2. The zero-order valence-corrected chi connectivity index (χ0v) is 18.8. The number of aliphatic hydroxyl groups is 1. The summed E-state index contributed by atoms with van der Waals surface area (Å²) < 4.78 is 19.8. The van der Waals surface area contributed by atoms with Crippen LogP contribution in [0.5, 0.6) is 0 Å². The smallest absolute Gasteiger partial charge is 0.410 e. The summed E-state index contributed by atoms with van der Waals surface area (Å²) in [6.07, 6.45) is 0.0385. The van der Waals surface area contributed by atoms with E-state index >= 15 is 0 Å². The number of amidine groups is 1. The van der Waals surface area contributed by atoms with E-state index in [4.69, 9.17) is 4.74 Å². The number of hydrogen-bond acceptors (Lipinski definition) is 9. The molecule has 11 nitrogen and oxygen atoms in total. The van der Waals surface area contributed by atoms with Gasteiger partial charge in [-0.05, 0) is 55.7 Å². The van der Waals surface area contributed by atoms with E-state index in [1.807, 2.05) is 0 Å². The summed E-state index contributed by atoms with van der Waals surface area (Å²) in [7, 11) is 0. The molecule has 0 aliphatic carbocycles. The van der Waals surface area contributed by atoms with E-state index in [1.54, 1.807) is 37.1 Å². The summed E-state index contributed by atoms with van der Waals surface area (Å²) in [6.45, 7) is 4.33. The first kappa shape index (κ1) is 23.4.